The maximum atomic E-state index is 12.8. The maximum absolute atomic E-state index is 12.8. The third-order valence-electron chi connectivity index (χ3n) is 4.36. The molecular formula is C19H34N4O8S. The normalized spacial score (nSPS) is 15.7. The summed E-state index contributed by atoms with van der Waals surface area (Å²) in [5.41, 5.74) is 5.53. The van der Waals surface area contributed by atoms with Gasteiger partial charge in [-0.15, -0.1) is 0 Å². The van der Waals surface area contributed by atoms with Crippen LogP contribution in [0.15, 0.2) is 0 Å². The molecule has 0 aliphatic heterocycles. The minimum absolute atomic E-state index is 0.0662. The predicted molar refractivity (Wildman–Crippen MR) is 118 cm³/mol. The van der Waals surface area contributed by atoms with E-state index in [2.05, 4.69) is 16.0 Å². The number of aliphatic carboxylic acids is 2. The highest BCUT2D eigenvalue weighted by Gasteiger charge is 2.33. The Kier molecular flexibility index (Phi) is 13.5. The molecule has 0 radical (unpaired) electrons. The van der Waals surface area contributed by atoms with Crippen molar-refractivity contribution in [3.8, 4) is 0 Å². The zero-order chi connectivity index (χ0) is 25.0. The number of thioether (sulfide) groups is 1. The predicted octanol–water partition coefficient (Wildman–Crippen LogP) is -1.49. The number of carbonyl (C=O) groups excluding carboxylic acids is 3. The van der Waals surface area contributed by atoms with Gasteiger partial charge in [0.1, 0.15) is 18.1 Å². The van der Waals surface area contributed by atoms with E-state index < -0.39 is 66.4 Å². The summed E-state index contributed by atoms with van der Waals surface area (Å²) in [4.78, 5) is 59.6. The Morgan fingerprint density at radius 3 is 1.91 bits per heavy atom. The molecule has 0 spiro atoms. The van der Waals surface area contributed by atoms with E-state index in [0.29, 0.717) is 5.75 Å². The van der Waals surface area contributed by atoms with Crippen molar-refractivity contribution in [2.24, 2.45) is 11.7 Å². The number of rotatable bonds is 15. The van der Waals surface area contributed by atoms with Gasteiger partial charge in [-0.05, 0) is 37.7 Å². The Morgan fingerprint density at radius 2 is 1.47 bits per heavy atom. The van der Waals surface area contributed by atoms with Gasteiger partial charge in [0.25, 0.3) is 0 Å². The van der Waals surface area contributed by atoms with Gasteiger partial charge in [-0.1, -0.05) is 13.8 Å². The molecule has 8 N–H and O–H groups in total. The monoisotopic (exact) mass is 478 g/mol. The van der Waals surface area contributed by atoms with Crippen LogP contribution in [0.2, 0.25) is 0 Å². The third kappa shape index (κ3) is 11.3. The Bertz CT molecular complexity index is 674. The smallest absolute Gasteiger partial charge is 0.326 e. The lowest BCUT2D eigenvalue weighted by molar-refractivity contribution is -0.143. The lowest BCUT2D eigenvalue weighted by Gasteiger charge is -2.27. The average molecular weight is 479 g/mol. The molecular weight excluding hydrogens is 444 g/mol. The number of carbonyl (C=O) groups is 5. The molecule has 32 heavy (non-hydrogen) atoms. The first-order valence-corrected chi connectivity index (χ1v) is 11.5. The molecule has 0 aromatic rings. The lowest BCUT2D eigenvalue weighted by Crippen LogP contribution is -2.60. The van der Waals surface area contributed by atoms with Crippen LogP contribution >= 0.6 is 11.8 Å². The second-order valence-corrected chi connectivity index (χ2v) is 8.79. The number of aliphatic hydroxyl groups is 1. The molecule has 12 nitrogen and oxygen atoms in total. The number of hydrogen-bond acceptors (Lipinski definition) is 8. The summed E-state index contributed by atoms with van der Waals surface area (Å²) in [7, 11) is 0. The highest BCUT2D eigenvalue weighted by molar-refractivity contribution is 7.98. The Balaban J connectivity index is 5.39. The van der Waals surface area contributed by atoms with Crippen LogP contribution < -0.4 is 21.7 Å². The molecule has 0 heterocycles. The van der Waals surface area contributed by atoms with Crippen LogP contribution in [-0.4, -0.2) is 87.3 Å². The van der Waals surface area contributed by atoms with Crippen LogP contribution in [0.5, 0.6) is 0 Å². The standard InChI is InChI=1S/C19H34N4O8S/c1-9(2)7-13(22-16(27)11(20)8-14(25)26)17(28)23-15(10(3)24)18(29)21-12(19(30)31)5-6-32-4/h9-13,15,24H,5-8,20H2,1-4H3,(H,21,29)(H,22,27)(H,23,28)(H,25,26)(H,30,31). The molecule has 0 saturated carbocycles. The second-order valence-electron chi connectivity index (χ2n) is 7.80. The van der Waals surface area contributed by atoms with E-state index in [9.17, 15) is 34.2 Å². The molecule has 5 atom stereocenters. The van der Waals surface area contributed by atoms with Gasteiger partial charge in [0.05, 0.1) is 18.6 Å². The van der Waals surface area contributed by atoms with Crippen molar-refractivity contribution in [3.63, 3.8) is 0 Å². The number of carboxylic acid groups (broad SMARTS) is 2. The fourth-order valence-corrected chi connectivity index (χ4v) is 3.15. The largest absolute Gasteiger partial charge is 0.481 e. The van der Waals surface area contributed by atoms with Crippen LogP contribution in [0.3, 0.4) is 0 Å². The van der Waals surface area contributed by atoms with Crippen molar-refractivity contribution < 1.29 is 39.3 Å². The number of nitrogens with two attached hydrogens (primary N) is 1. The molecule has 0 aliphatic rings. The van der Waals surface area contributed by atoms with Crippen LogP contribution in [0.4, 0.5) is 0 Å². The molecule has 184 valence electrons. The number of carboxylic acids is 2. The van der Waals surface area contributed by atoms with Crippen molar-refractivity contribution in [2.75, 3.05) is 12.0 Å². The van der Waals surface area contributed by atoms with Crippen molar-refractivity contribution in [3.05, 3.63) is 0 Å². The van der Waals surface area contributed by atoms with Crippen LogP contribution in [0, 0.1) is 5.92 Å². The lowest BCUT2D eigenvalue weighted by atomic mass is 10.0. The summed E-state index contributed by atoms with van der Waals surface area (Å²) in [5, 5.41) is 35.1. The Morgan fingerprint density at radius 1 is 0.906 bits per heavy atom. The van der Waals surface area contributed by atoms with Gasteiger partial charge in [0, 0.05) is 0 Å². The van der Waals surface area contributed by atoms with E-state index in [0.717, 1.165) is 0 Å². The van der Waals surface area contributed by atoms with Crippen LogP contribution in [0.25, 0.3) is 0 Å². The minimum Gasteiger partial charge on any atom is -0.481 e. The fourth-order valence-electron chi connectivity index (χ4n) is 2.68. The van der Waals surface area contributed by atoms with E-state index in [4.69, 9.17) is 10.8 Å². The van der Waals surface area contributed by atoms with E-state index in [1.54, 1.807) is 20.1 Å². The topological polar surface area (TPSA) is 208 Å². The quantitative estimate of drug-likeness (QED) is 0.145. The minimum atomic E-state index is -1.47. The van der Waals surface area contributed by atoms with Gasteiger partial charge < -0.3 is 37.0 Å². The van der Waals surface area contributed by atoms with E-state index in [1.807, 2.05) is 0 Å². The van der Waals surface area contributed by atoms with Crippen molar-refractivity contribution in [2.45, 2.75) is 70.3 Å². The van der Waals surface area contributed by atoms with E-state index >= 15 is 0 Å². The molecule has 0 fully saturated rings. The first-order valence-electron chi connectivity index (χ1n) is 10.1. The number of aliphatic hydroxyl groups excluding tert-OH is 1. The summed E-state index contributed by atoms with van der Waals surface area (Å²) < 4.78 is 0. The zero-order valence-electron chi connectivity index (χ0n) is 18.7. The second kappa shape index (κ2) is 14.6. The Labute approximate surface area is 191 Å². The molecule has 13 heteroatoms. The summed E-state index contributed by atoms with van der Waals surface area (Å²) in [6.07, 6.45) is 0.0875. The zero-order valence-corrected chi connectivity index (χ0v) is 19.5. The highest BCUT2D eigenvalue weighted by Crippen LogP contribution is 2.08. The van der Waals surface area contributed by atoms with Crippen LogP contribution in [0.1, 0.15) is 40.0 Å². The van der Waals surface area contributed by atoms with E-state index in [-0.39, 0.29) is 18.8 Å². The molecule has 0 aromatic heterocycles. The fraction of sp³-hybridized carbons (Fsp3) is 0.737. The molecule has 0 aromatic carbocycles. The van der Waals surface area contributed by atoms with Crippen LogP contribution in [-0.2, 0) is 24.0 Å². The van der Waals surface area contributed by atoms with Crippen molar-refractivity contribution >= 4 is 41.4 Å². The maximum Gasteiger partial charge on any atom is 0.326 e. The average Bonchev–Trinajstić information content (AvgIpc) is 2.66. The molecule has 5 unspecified atom stereocenters. The number of hydrogen-bond donors (Lipinski definition) is 7. The first kappa shape index (κ1) is 29.6. The first-order chi connectivity index (χ1) is 14.8. The van der Waals surface area contributed by atoms with Crippen molar-refractivity contribution in [1.82, 2.24) is 16.0 Å². The summed E-state index contributed by atoms with van der Waals surface area (Å²) in [5.74, 6) is -4.66. The molecule has 0 bridgehead atoms. The van der Waals surface area contributed by atoms with Gasteiger partial charge in [-0.25, -0.2) is 4.79 Å². The van der Waals surface area contributed by atoms with Gasteiger partial charge in [0.2, 0.25) is 17.7 Å². The van der Waals surface area contributed by atoms with Gasteiger partial charge in [0.15, 0.2) is 0 Å². The Hall–Kier alpha value is -2.38. The molecule has 0 saturated heterocycles. The summed E-state index contributed by atoms with van der Waals surface area (Å²) in [6.45, 7) is 4.82. The molecule has 0 rings (SSSR count). The number of nitrogens with one attached hydrogen (secondary N) is 3. The van der Waals surface area contributed by atoms with E-state index in [1.165, 1.54) is 18.7 Å². The summed E-state index contributed by atoms with van der Waals surface area (Å²) >= 11 is 1.40. The van der Waals surface area contributed by atoms with Gasteiger partial charge in [-0.3, -0.25) is 19.2 Å². The van der Waals surface area contributed by atoms with Crippen molar-refractivity contribution in [1.29, 1.82) is 0 Å². The van der Waals surface area contributed by atoms with Gasteiger partial charge >= 0.3 is 11.9 Å². The molecule has 0 aliphatic carbocycles. The summed E-state index contributed by atoms with van der Waals surface area (Å²) in [6, 6.07) is -5.20. The number of amides is 3. The molecule has 3 amide bonds. The SMILES string of the molecule is CSCCC(NC(=O)C(NC(=O)C(CC(C)C)NC(=O)C(N)CC(=O)O)C(C)O)C(=O)O. The highest BCUT2D eigenvalue weighted by atomic mass is 32.2. The van der Waals surface area contributed by atoms with Gasteiger partial charge in [-0.2, -0.15) is 11.8 Å². The third-order valence-corrected chi connectivity index (χ3v) is 5.00.